The molecule has 0 spiro atoms. The van der Waals surface area contributed by atoms with Gasteiger partial charge in [0.25, 0.3) is 7.82 Å². The molecule has 2 atom stereocenters. The van der Waals surface area contributed by atoms with Gasteiger partial charge >= 0.3 is 11.9 Å². The summed E-state index contributed by atoms with van der Waals surface area (Å²) in [6.07, 6.45) is 36.9. The lowest BCUT2D eigenvalue weighted by molar-refractivity contribution is -0.870. The SMILES string of the molecule is CCCCCCCCCCCCCCCCCCC(=O)OC(COC(=O)CCCCCCCCCCCCCCCC)COP(=O)([O-])OCC[N+](C)(C)C. The van der Waals surface area contributed by atoms with Crippen molar-refractivity contribution in [3.05, 3.63) is 0 Å². The standard InChI is InChI=1S/C44H88NO8P/c1-6-8-10-12-14-16-18-20-22-23-25-27-29-31-33-35-37-44(47)53-42(41-52-54(48,49)51-39-38-45(3,4)5)40-50-43(46)36-34-32-30-28-26-24-21-19-17-15-13-11-9-7-2/h42H,6-41H2,1-5H3. The summed E-state index contributed by atoms with van der Waals surface area (Å²) in [5, 5.41) is 0. The largest absolute Gasteiger partial charge is 0.756 e. The summed E-state index contributed by atoms with van der Waals surface area (Å²) in [6, 6.07) is 0. The second-order valence-corrected chi connectivity index (χ2v) is 18.2. The van der Waals surface area contributed by atoms with Crippen LogP contribution in [0.15, 0.2) is 0 Å². The van der Waals surface area contributed by atoms with Gasteiger partial charge in [0.1, 0.15) is 19.8 Å². The van der Waals surface area contributed by atoms with Gasteiger partial charge in [0, 0.05) is 12.8 Å². The van der Waals surface area contributed by atoms with E-state index in [0.29, 0.717) is 17.4 Å². The van der Waals surface area contributed by atoms with E-state index in [1.165, 1.54) is 154 Å². The zero-order chi connectivity index (χ0) is 40.0. The number of carbonyl (C=O) groups is 2. The molecule has 0 aliphatic rings. The molecule has 0 aromatic carbocycles. The first-order valence-corrected chi connectivity index (χ1v) is 24.2. The fourth-order valence-electron chi connectivity index (χ4n) is 6.54. The normalized spacial score (nSPS) is 13.5. The van der Waals surface area contributed by atoms with Crippen molar-refractivity contribution in [2.45, 2.75) is 225 Å². The van der Waals surface area contributed by atoms with Crippen LogP contribution in [0.2, 0.25) is 0 Å². The molecule has 0 aliphatic carbocycles. The van der Waals surface area contributed by atoms with E-state index in [4.69, 9.17) is 18.5 Å². The van der Waals surface area contributed by atoms with Crippen molar-refractivity contribution in [2.24, 2.45) is 0 Å². The highest BCUT2D eigenvalue weighted by Crippen LogP contribution is 2.38. The van der Waals surface area contributed by atoms with Gasteiger partial charge in [-0.15, -0.1) is 0 Å². The summed E-state index contributed by atoms with van der Waals surface area (Å²) >= 11 is 0. The lowest BCUT2D eigenvalue weighted by Gasteiger charge is -2.28. The zero-order valence-corrected chi connectivity index (χ0v) is 37.1. The van der Waals surface area contributed by atoms with Gasteiger partial charge in [0.2, 0.25) is 0 Å². The van der Waals surface area contributed by atoms with Gasteiger partial charge in [0.15, 0.2) is 6.10 Å². The van der Waals surface area contributed by atoms with Crippen LogP contribution in [-0.2, 0) is 32.7 Å². The zero-order valence-electron chi connectivity index (χ0n) is 36.2. The topological polar surface area (TPSA) is 111 Å². The van der Waals surface area contributed by atoms with Crippen LogP contribution in [0.4, 0.5) is 0 Å². The van der Waals surface area contributed by atoms with Gasteiger partial charge in [-0.05, 0) is 12.8 Å². The number of likely N-dealkylation sites (N-methyl/N-ethyl adjacent to an activating group) is 1. The van der Waals surface area contributed by atoms with Crippen LogP contribution in [0.3, 0.4) is 0 Å². The van der Waals surface area contributed by atoms with Crippen molar-refractivity contribution in [3.8, 4) is 0 Å². The summed E-state index contributed by atoms with van der Waals surface area (Å²) in [5.41, 5.74) is 0. The molecule has 0 saturated heterocycles. The molecular formula is C44H88NO8P. The number of unbranched alkanes of at least 4 members (excludes halogenated alkanes) is 28. The van der Waals surface area contributed by atoms with Crippen LogP contribution in [0.25, 0.3) is 0 Å². The van der Waals surface area contributed by atoms with Crippen molar-refractivity contribution in [1.29, 1.82) is 0 Å². The quantitative estimate of drug-likeness (QED) is 0.0260. The van der Waals surface area contributed by atoms with Gasteiger partial charge < -0.3 is 27.9 Å². The molecular weight excluding hydrogens is 701 g/mol. The minimum absolute atomic E-state index is 0.0256. The van der Waals surface area contributed by atoms with Crippen molar-refractivity contribution < 1.29 is 42.1 Å². The maximum atomic E-state index is 12.7. The molecule has 0 aliphatic heterocycles. The molecule has 2 unspecified atom stereocenters. The summed E-state index contributed by atoms with van der Waals surface area (Å²) in [5.74, 6) is -0.819. The Balaban J connectivity index is 4.29. The van der Waals surface area contributed by atoms with E-state index in [2.05, 4.69) is 13.8 Å². The molecule has 0 saturated carbocycles. The van der Waals surface area contributed by atoms with Gasteiger partial charge in [0.05, 0.1) is 27.7 Å². The van der Waals surface area contributed by atoms with E-state index >= 15 is 0 Å². The van der Waals surface area contributed by atoms with Crippen molar-refractivity contribution in [3.63, 3.8) is 0 Å². The van der Waals surface area contributed by atoms with E-state index in [1.807, 2.05) is 21.1 Å². The Bertz CT molecular complexity index is 896. The van der Waals surface area contributed by atoms with Crippen molar-refractivity contribution in [1.82, 2.24) is 0 Å². The number of carbonyl (C=O) groups excluding carboxylic acids is 2. The second kappa shape index (κ2) is 37.6. The molecule has 0 fully saturated rings. The maximum Gasteiger partial charge on any atom is 0.306 e. The first-order chi connectivity index (χ1) is 26.0. The summed E-state index contributed by atoms with van der Waals surface area (Å²) in [7, 11) is 1.18. The molecule has 10 heteroatoms. The highest BCUT2D eigenvalue weighted by atomic mass is 31.2. The van der Waals surface area contributed by atoms with Crippen molar-refractivity contribution >= 4 is 19.8 Å². The Morgan fingerprint density at radius 1 is 0.500 bits per heavy atom. The third kappa shape index (κ3) is 40.7. The van der Waals surface area contributed by atoms with Gasteiger partial charge in [-0.2, -0.15) is 0 Å². The van der Waals surface area contributed by atoms with E-state index in [-0.39, 0.29) is 32.0 Å². The maximum absolute atomic E-state index is 12.7. The van der Waals surface area contributed by atoms with Crippen LogP contribution in [0.5, 0.6) is 0 Å². The highest BCUT2D eigenvalue weighted by Gasteiger charge is 2.21. The number of hydrogen-bond donors (Lipinski definition) is 0. The number of nitrogens with zero attached hydrogens (tertiary/aromatic N) is 1. The molecule has 0 N–H and O–H groups in total. The average Bonchev–Trinajstić information content (AvgIpc) is 3.12. The molecule has 0 aromatic rings. The number of phosphoric ester groups is 1. The first kappa shape index (κ1) is 53.0. The predicted octanol–water partition coefficient (Wildman–Crippen LogP) is 12.2. The van der Waals surface area contributed by atoms with Crippen LogP contribution in [-0.4, -0.2) is 70.0 Å². The lowest BCUT2D eigenvalue weighted by atomic mass is 10.0. The van der Waals surface area contributed by atoms with Crippen LogP contribution in [0, 0.1) is 0 Å². The molecule has 0 radical (unpaired) electrons. The Hall–Kier alpha value is -0.990. The monoisotopic (exact) mass is 790 g/mol. The molecule has 0 bridgehead atoms. The lowest BCUT2D eigenvalue weighted by Crippen LogP contribution is -2.37. The third-order valence-corrected chi connectivity index (χ3v) is 11.1. The summed E-state index contributed by atoms with van der Waals surface area (Å²) in [4.78, 5) is 37.5. The molecule has 0 amide bonds. The first-order valence-electron chi connectivity index (χ1n) is 22.7. The smallest absolute Gasteiger partial charge is 0.306 e. The van der Waals surface area contributed by atoms with E-state index < -0.39 is 26.5 Å². The van der Waals surface area contributed by atoms with Gasteiger partial charge in [-0.3, -0.25) is 14.2 Å². The Morgan fingerprint density at radius 3 is 1.19 bits per heavy atom. The van der Waals surface area contributed by atoms with Crippen molar-refractivity contribution in [2.75, 3.05) is 47.5 Å². The molecule has 0 aromatic heterocycles. The molecule has 9 nitrogen and oxygen atoms in total. The Kier molecular flexibility index (Phi) is 36.9. The third-order valence-electron chi connectivity index (χ3n) is 10.1. The average molecular weight is 790 g/mol. The molecule has 54 heavy (non-hydrogen) atoms. The van der Waals surface area contributed by atoms with Crippen LogP contribution < -0.4 is 4.89 Å². The fraction of sp³-hybridized carbons (Fsp3) is 0.955. The summed E-state index contributed by atoms with van der Waals surface area (Å²) in [6.45, 7) is 4.27. The minimum atomic E-state index is -4.62. The number of esters is 2. The number of phosphoric acid groups is 1. The fourth-order valence-corrected chi connectivity index (χ4v) is 7.27. The van der Waals surface area contributed by atoms with Crippen LogP contribution in [0.1, 0.15) is 219 Å². The second-order valence-electron chi connectivity index (χ2n) is 16.8. The Morgan fingerprint density at radius 2 is 0.833 bits per heavy atom. The highest BCUT2D eigenvalue weighted by molar-refractivity contribution is 7.45. The number of rotatable bonds is 42. The molecule has 0 heterocycles. The van der Waals surface area contributed by atoms with Gasteiger partial charge in [-0.1, -0.05) is 194 Å². The van der Waals surface area contributed by atoms with E-state index in [1.54, 1.807) is 0 Å². The number of quaternary nitrogens is 1. The summed E-state index contributed by atoms with van der Waals surface area (Å²) < 4.78 is 33.9. The molecule has 322 valence electrons. The number of ether oxygens (including phenoxy) is 2. The molecule has 0 rings (SSSR count). The van der Waals surface area contributed by atoms with E-state index in [9.17, 15) is 19.0 Å². The predicted molar refractivity (Wildman–Crippen MR) is 222 cm³/mol. The van der Waals surface area contributed by atoms with E-state index in [0.717, 1.165) is 32.1 Å². The van der Waals surface area contributed by atoms with Gasteiger partial charge in [-0.25, -0.2) is 0 Å². The Labute approximate surface area is 334 Å². The minimum Gasteiger partial charge on any atom is -0.756 e. The number of hydrogen-bond acceptors (Lipinski definition) is 8. The van der Waals surface area contributed by atoms with Crippen LogP contribution >= 0.6 is 7.82 Å².